The van der Waals surface area contributed by atoms with Crippen LogP contribution in [0.5, 0.6) is 0 Å². The van der Waals surface area contributed by atoms with Crippen molar-refractivity contribution in [3.05, 3.63) is 27.8 Å². The minimum Gasteiger partial charge on any atom is -0.462 e. The van der Waals surface area contributed by atoms with Crippen LogP contribution >= 0.6 is 0 Å². The van der Waals surface area contributed by atoms with Gasteiger partial charge in [0.15, 0.2) is 12.2 Å². The molecule has 0 spiro atoms. The van der Waals surface area contributed by atoms with Crippen molar-refractivity contribution in [2.45, 2.75) is 74.5 Å². The summed E-state index contributed by atoms with van der Waals surface area (Å²) in [5.41, 5.74) is 2.55. The maximum Gasteiger partial charge on any atom is 0.303 e. The Morgan fingerprint density at radius 1 is 0.628 bits per heavy atom. The predicted octanol–water partition coefficient (Wildman–Crippen LogP) is 1.94. The standard InChI is InChI=1S/C26H37N3O10.C2H6.CH2O/c1-13-22(25(34)28-9-20(38-18(6)32)11-36-16(4)30)14(2)24(27-8)15(3)23(13)26(35)29-10-21(39-19(7)33)12-37-17(5)31;2*1-2/h20-21,27H,9-12H2,1-8H3,(H,28,34)(H,29,35);1-2H3;1H2. The lowest BCUT2D eigenvalue weighted by atomic mass is 9.90. The number of ether oxygens (including phenoxy) is 4. The molecule has 14 nitrogen and oxygen atoms in total. The fourth-order valence-electron chi connectivity index (χ4n) is 4.02. The van der Waals surface area contributed by atoms with Crippen LogP contribution in [-0.2, 0) is 42.9 Å². The molecular formula is C29H45N3O11. The van der Waals surface area contributed by atoms with E-state index in [1.807, 2.05) is 20.6 Å². The molecule has 3 N–H and O–H groups in total. The van der Waals surface area contributed by atoms with Gasteiger partial charge in [0.1, 0.15) is 20.0 Å². The molecule has 0 heterocycles. The van der Waals surface area contributed by atoms with Crippen molar-refractivity contribution in [2.75, 3.05) is 38.7 Å². The zero-order valence-electron chi connectivity index (χ0n) is 26.7. The van der Waals surface area contributed by atoms with E-state index in [1.165, 1.54) is 27.7 Å². The lowest BCUT2D eigenvalue weighted by Crippen LogP contribution is -2.39. The summed E-state index contributed by atoms with van der Waals surface area (Å²) in [5, 5.41) is 8.36. The highest BCUT2D eigenvalue weighted by Gasteiger charge is 2.26. The van der Waals surface area contributed by atoms with E-state index in [0.29, 0.717) is 22.4 Å². The summed E-state index contributed by atoms with van der Waals surface area (Å²) >= 11 is 0. The molecule has 0 aliphatic carbocycles. The van der Waals surface area contributed by atoms with Gasteiger partial charge in [0.05, 0.1) is 13.1 Å². The van der Waals surface area contributed by atoms with Gasteiger partial charge in [0, 0.05) is 51.6 Å². The number of hydrogen-bond donors (Lipinski definition) is 3. The van der Waals surface area contributed by atoms with Crippen LogP contribution in [0, 0.1) is 20.8 Å². The molecular weight excluding hydrogens is 566 g/mol. The molecule has 0 bridgehead atoms. The fraction of sp³-hybridized carbons (Fsp3) is 0.552. The second kappa shape index (κ2) is 21.2. The first-order valence-electron chi connectivity index (χ1n) is 13.5. The number of hydrogen-bond acceptors (Lipinski definition) is 12. The van der Waals surface area contributed by atoms with Crippen LogP contribution in [0.3, 0.4) is 0 Å². The van der Waals surface area contributed by atoms with Crippen molar-refractivity contribution in [3.63, 3.8) is 0 Å². The molecule has 0 aromatic heterocycles. The zero-order valence-corrected chi connectivity index (χ0v) is 26.7. The monoisotopic (exact) mass is 611 g/mol. The summed E-state index contributed by atoms with van der Waals surface area (Å²) in [5.74, 6) is -3.43. The van der Waals surface area contributed by atoms with Crippen LogP contribution in [0.2, 0.25) is 0 Å². The first kappa shape index (κ1) is 40.6. The van der Waals surface area contributed by atoms with Gasteiger partial charge >= 0.3 is 23.9 Å². The van der Waals surface area contributed by atoms with Crippen LogP contribution in [0.1, 0.15) is 78.9 Å². The Morgan fingerprint density at radius 3 is 1.21 bits per heavy atom. The number of carbonyl (C=O) groups is 7. The molecule has 2 atom stereocenters. The molecule has 1 rings (SSSR count). The Balaban J connectivity index is 0. The van der Waals surface area contributed by atoms with Crippen LogP contribution in [0.15, 0.2) is 0 Å². The van der Waals surface area contributed by atoms with Gasteiger partial charge in [-0.05, 0) is 37.5 Å². The molecule has 14 heteroatoms. The lowest BCUT2D eigenvalue weighted by Gasteiger charge is -2.23. The van der Waals surface area contributed by atoms with E-state index in [1.54, 1.807) is 27.8 Å². The molecule has 43 heavy (non-hydrogen) atoms. The third-order valence-electron chi connectivity index (χ3n) is 5.54. The average molecular weight is 612 g/mol. The van der Waals surface area contributed by atoms with E-state index in [0.717, 1.165) is 0 Å². The molecule has 2 amide bonds. The molecule has 0 fully saturated rings. The average Bonchev–Trinajstić information content (AvgIpc) is 2.93. The molecule has 1 aromatic carbocycles. The summed E-state index contributed by atoms with van der Waals surface area (Å²) in [6.07, 6.45) is -1.83. The number of carbonyl (C=O) groups excluding carboxylic acids is 7. The van der Waals surface area contributed by atoms with Gasteiger partial charge in [0.2, 0.25) is 0 Å². The maximum atomic E-state index is 13.3. The minimum absolute atomic E-state index is 0.144. The highest BCUT2D eigenvalue weighted by Crippen LogP contribution is 2.31. The SMILES string of the molecule is C=O.CC.CNc1c(C)c(C(=O)NCC(COC(C)=O)OC(C)=O)c(C)c(C(=O)NCC(COC(C)=O)OC(C)=O)c1C. The molecule has 1 aromatic rings. The minimum atomic E-state index is -0.914. The normalized spacial score (nSPS) is 11.0. The van der Waals surface area contributed by atoms with Crippen LogP contribution in [-0.4, -0.2) is 88.0 Å². The van der Waals surface area contributed by atoms with Gasteiger partial charge in [-0.2, -0.15) is 0 Å². The van der Waals surface area contributed by atoms with E-state index in [9.17, 15) is 28.8 Å². The third-order valence-corrected chi connectivity index (χ3v) is 5.54. The van der Waals surface area contributed by atoms with Gasteiger partial charge in [0.25, 0.3) is 11.8 Å². The number of nitrogens with one attached hydrogen (secondary N) is 3. The Hall–Kier alpha value is -4.49. The first-order valence-corrected chi connectivity index (χ1v) is 13.5. The Morgan fingerprint density at radius 2 is 0.953 bits per heavy atom. The molecule has 0 radical (unpaired) electrons. The second-order valence-corrected chi connectivity index (χ2v) is 8.74. The number of rotatable bonds is 13. The largest absolute Gasteiger partial charge is 0.462 e. The zero-order chi connectivity index (χ0) is 33.9. The quantitative estimate of drug-likeness (QED) is 0.217. The van der Waals surface area contributed by atoms with Crippen molar-refractivity contribution in [3.8, 4) is 0 Å². The van der Waals surface area contributed by atoms with E-state index in [4.69, 9.17) is 23.7 Å². The van der Waals surface area contributed by atoms with Crippen molar-refractivity contribution < 1.29 is 52.5 Å². The molecule has 0 aliphatic heterocycles. The topological polar surface area (TPSA) is 192 Å². The number of benzene rings is 1. The van der Waals surface area contributed by atoms with Crippen LogP contribution in [0.4, 0.5) is 5.69 Å². The van der Waals surface area contributed by atoms with Crippen molar-refractivity contribution in [2.24, 2.45) is 0 Å². The summed E-state index contributed by atoms with van der Waals surface area (Å²) in [4.78, 5) is 79.7. The van der Waals surface area contributed by atoms with Crippen molar-refractivity contribution in [1.82, 2.24) is 10.6 Å². The molecule has 242 valence electrons. The summed E-state index contributed by atoms with van der Waals surface area (Å²) in [7, 11) is 1.65. The van der Waals surface area contributed by atoms with E-state index >= 15 is 0 Å². The number of esters is 4. The van der Waals surface area contributed by atoms with Crippen LogP contribution in [0.25, 0.3) is 0 Å². The first-order chi connectivity index (χ1) is 20.2. The van der Waals surface area contributed by atoms with Crippen molar-refractivity contribution in [1.29, 1.82) is 0 Å². The Labute approximate surface area is 252 Å². The van der Waals surface area contributed by atoms with E-state index < -0.39 is 47.9 Å². The molecule has 0 aliphatic rings. The Bertz CT molecular complexity index is 1050. The van der Waals surface area contributed by atoms with Crippen molar-refractivity contribution >= 4 is 48.2 Å². The van der Waals surface area contributed by atoms with Gasteiger partial charge in [-0.25, -0.2) is 0 Å². The maximum absolute atomic E-state index is 13.3. The Kier molecular flexibility index (Phi) is 20.1. The summed E-state index contributed by atoms with van der Waals surface area (Å²) < 4.78 is 20.0. The highest BCUT2D eigenvalue weighted by molar-refractivity contribution is 6.06. The summed E-state index contributed by atoms with van der Waals surface area (Å²) in [6, 6.07) is 0. The lowest BCUT2D eigenvalue weighted by molar-refractivity contribution is -0.155. The molecule has 2 unspecified atom stereocenters. The fourth-order valence-corrected chi connectivity index (χ4v) is 4.02. The van der Waals surface area contributed by atoms with E-state index in [2.05, 4.69) is 16.0 Å². The van der Waals surface area contributed by atoms with Crippen LogP contribution < -0.4 is 16.0 Å². The second-order valence-electron chi connectivity index (χ2n) is 8.74. The predicted molar refractivity (Wildman–Crippen MR) is 158 cm³/mol. The smallest absolute Gasteiger partial charge is 0.303 e. The van der Waals surface area contributed by atoms with Gasteiger partial charge in [-0.15, -0.1) is 0 Å². The summed E-state index contributed by atoms with van der Waals surface area (Å²) in [6.45, 7) is 15.1. The third kappa shape index (κ3) is 14.3. The van der Waals surface area contributed by atoms with Gasteiger partial charge < -0.3 is 39.7 Å². The van der Waals surface area contributed by atoms with E-state index in [-0.39, 0.29) is 37.4 Å². The van der Waals surface area contributed by atoms with Gasteiger partial charge in [-0.3, -0.25) is 28.8 Å². The molecule has 0 saturated heterocycles. The number of anilines is 1. The van der Waals surface area contributed by atoms with Gasteiger partial charge in [-0.1, -0.05) is 13.8 Å². The molecule has 0 saturated carbocycles. The highest BCUT2D eigenvalue weighted by atomic mass is 16.6. The number of amides is 2.